The summed E-state index contributed by atoms with van der Waals surface area (Å²) in [6.45, 7) is 7.44. The van der Waals surface area contributed by atoms with Crippen LogP contribution < -0.4 is 0 Å². The molecule has 0 amide bonds. The van der Waals surface area contributed by atoms with Gasteiger partial charge in [-0.05, 0) is 72.6 Å². The van der Waals surface area contributed by atoms with Crippen molar-refractivity contribution < 1.29 is 4.74 Å². The van der Waals surface area contributed by atoms with Gasteiger partial charge in [-0.15, -0.1) is 6.58 Å². The highest BCUT2D eigenvalue weighted by atomic mass is 16.5. The smallest absolute Gasteiger partial charge is 0.0717 e. The van der Waals surface area contributed by atoms with E-state index in [4.69, 9.17) is 4.74 Å². The molecule has 3 rings (SSSR count). The number of ether oxygens (including phenoxy) is 1. The molecule has 0 unspecified atom stereocenters. The lowest BCUT2D eigenvalue weighted by molar-refractivity contribution is 0.125. The SMILES string of the molecule is C=CCCOCc1ccc(CCCC[C@H]2CC[C@H](CCCCc3ccc(/C=C/CCC)cc3)CC2)cc1. The van der Waals surface area contributed by atoms with E-state index in [1.165, 1.54) is 112 Å². The van der Waals surface area contributed by atoms with Crippen LogP contribution >= 0.6 is 0 Å². The molecule has 0 aromatic heterocycles. The summed E-state index contributed by atoms with van der Waals surface area (Å²) in [5, 5.41) is 0. The zero-order chi connectivity index (χ0) is 26.0. The summed E-state index contributed by atoms with van der Waals surface area (Å²) in [4.78, 5) is 0. The minimum absolute atomic E-state index is 0.710. The van der Waals surface area contributed by atoms with E-state index in [1.807, 2.05) is 6.08 Å². The number of unbranched alkanes of at least 4 members (excludes halogenated alkanes) is 3. The Balaban J connectivity index is 1.19. The molecule has 37 heavy (non-hydrogen) atoms. The van der Waals surface area contributed by atoms with Crippen LogP contribution in [0.3, 0.4) is 0 Å². The minimum Gasteiger partial charge on any atom is -0.376 e. The number of benzene rings is 2. The van der Waals surface area contributed by atoms with E-state index in [0.717, 1.165) is 24.9 Å². The third-order valence-electron chi connectivity index (χ3n) is 8.13. The molecule has 2 aromatic carbocycles. The monoisotopic (exact) mass is 500 g/mol. The Hall–Kier alpha value is -2.12. The van der Waals surface area contributed by atoms with Gasteiger partial charge >= 0.3 is 0 Å². The standard InChI is InChI=1S/C36H52O/c1-3-5-7-12-31-17-19-32(20-18-31)13-8-9-14-33-21-23-34(24-22-33)15-10-11-16-35-25-27-36(28-26-35)30-37-29-6-4-2/h4,7,12,17-20,25-28,33-34H,2-3,5-6,8-11,13-16,21-24,29-30H2,1H3/b12-7+/t33-,34-. The fraction of sp³-hybridized carbons (Fsp3) is 0.556. The molecule has 1 saturated carbocycles. The Morgan fingerprint density at radius 1 is 0.730 bits per heavy atom. The summed E-state index contributed by atoms with van der Waals surface area (Å²) in [6, 6.07) is 18.3. The molecule has 1 aliphatic carbocycles. The van der Waals surface area contributed by atoms with Crippen molar-refractivity contribution in [3.63, 3.8) is 0 Å². The molecule has 1 aliphatic rings. The highest BCUT2D eigenvalue weighted by molar-refractivity contribution is 5.49. The normalized spacial score (nSPS) is 17.9. The van der Waals surface area contributed by atoms with Gasteiger partial charge in [-0.1, -0.05) is 131 Å². The fourth-order valence-corrected chi connectivity index (χ4v) is 5.67. The first kappa shape index (κ1) is 29.4. The second kappa shape index (κ2) is 18.2. The van der Waals surface area contributed by atoms with Gasteiger partial charge in [0.25, 0.3) is 0 Å². The van der Waals surface area contributed by atoms with E-state index >= 15 is 0 Å². The van der Waals surface area contributed by atoms with Gasteiger partial charge in [-0.2, -0.15) is 0 Å². The average Bonchev–Trinajstić information content (AvgIpc) is 2.94. The van der Waals surface area contributed by atoms with Crippen molar-refractivity contribution >= 4 is 6.08 Å². The van der Waals surface area contributed by atoms with Gasteiger partial charge in [-0.3, -0.25) is 0 Å². The second-order valence-electron chi connectivity index (χ2n) is 11.3. The summed E-state index contributed by atoms with van der Waals surface area (Å²) >= 11 is 0. The Kier molecular flexibility index (Phi) is 14.5. The van der Waals surface area contributed by atoms with Crippen LogP contribution in [-0.2, 0) is 24.2 Å². The van der Waals surface area contributed by atoms with Crippen LogP contribution in [0, 0.1) is 11.8 Å². The average molecular weight is 501 g/mol. The molecule has 0 heterocycles. The number of hydrogen-bond acceptors (Lipinski definition) is 1. The van der Waals surface area contributed by atoms with Gasteiger partial charge < -0.3 is 4.74 Å². The number of rotatable bonds is 18. The molecular weight excluding hydrogens is 448 g/mol. The second-order valence-corrected chi connectivity index (χ2v) is 11.3. The lowest BCUT2D eigenvalue weighted by Crippen LogP contribution is -2.14. The van der Waals surface area contributed by atoms with E-state index in [0.29, 0.717) is 6.61 Å². The van der Waals surface area contributed by atoms with Gasteiger partial charge in [0.15, 0.2) is 0 Å². The van der Waals surface area contributed by atoms with Crippen LogP contribution in [-0.4, -0.2) is 6.61 Å². The summed E-state index contributed by atoms with van der Waals surface area (Å²) in [5.74, 6) is 1.97. The first-order valence-electron chi connectivity index (χ1n) is 15.3. The zero-order valence-corrected chi connectivity index (χ0v) is 23.6. The van der Waals surface area contributed by atoms with Crippen molar-refractivity contribution in [2.24, 2.45) is 11.8 Å². The van der Waals surface area contributed by atoms with E-state index in [-0.39, 0.29) is 0 Å². The van der Waals surface area contributed by atoms with Crippen LogP contribution in [0.25, 0.3) is 6.08 Å². The first-order valence-corrected chi connectivity index (χ1v) is 15.3. The van der Waals surface area contributed by atoms with Crippen molar-refractivity contribution in [2.75, 3.05) is 6.61 Å². The van der Waals surface area contributed by atoms with Gasteiger partial charge in [0, 0.05) is 0 Å². The molecule has 1 fully saturated rings. The minimum atomic E-state index is 0.710. The quantitative estimate of drug-likeness (QED) is 0.146. The Labute approximate surface area is 228 Å². The third kappa shape index (κ3) is 12.3. The van der Waals surface area contributed by atoms with Crippen LogP contribution in [0.1, 0.15) is 113 Å². The van der Waals surface area contributed by atoms with E-state index < -0.39 is 0 Å². The molecule has 202 valence electrons. The van der Waals surface area contributed by atoms with Crippen molar-refractivity contribution in [3.8, 4) is 0 Å². The highest BCUT2D eigenvalue weighted by Crippen LogP contribution is 2.34. The molecule has 0 spiro atoms. The van der Waals surface area contributed by atoms with Gasteiger partial charge in [0.1, 0.15) is 0 Å². The first-order chi connectivity index (χ1) is 18.3. The molecule has 1 nitrogen and oxygen atoms in total. The Morgan fingerprint density at radius 2 is 1.27 bits per heavy atom. The van der Waals surface area contributed by atoms with Crippen molar-refractivity contribution in [2.45, 2.75) is 110 Å². The van der Waals surface area contributed by atoms with Gasteiger partial charge in [0.05, 0.1) is 13.2 Å². The summed E-state index contributed by atoms with van der Waals surface area (Å²) in [7, 11) is 0. The molecule has 0 saturated heterocycles. The topological polar surface area (TPSA) is 9.23 Å². The number of hydrogen-bond donors (Lipinski definition) is 0. The molecule has 2 aromatic rings. The third-order valence-corrected chi connectivity index (χ3v) is 8.13. The largest absolute Gasteiger partial charge is 0.376 e. The number of aryl methyl sites for hydroxylation is 2. The van der Waals surface area contributed by atoms with E-state index in [2.05, 4.69) is 74.2 Å². The van der Waals surface area contributed by atoms with E-state index in [9.17, 15) is 0 Å². The van der Waals surface area contributed by atoms with E-state index in [1.54, 1.807) is 0 Å². The van der Waals surface area contributed by atoms with Crippen LogP contribution in [0.4, 0.5) is 0 Å². The predicted molar refractivity (Wildman–Crippen MR) is 162 cm³/mol. The lowest BCUT2D eigenvalue weighted by atomic mass is 9.78. The maximum Gasteiger partial charge on any atom is 0.0717 e. The summed E-state index contributed by atoms with van der Waals surface area (Å²) in [5.41, 5.74) is 5.58. The molecule has 0 aliphatic heterocycles. The molecular formula is C36H52O. The van der Waals surface area contributed by atoms with Crippen LogP contribution in [0.2, 0.25) is 0 Å². The van der Waals surface area contributed by atoms with Crippen molar-refractivity contribution in [3.05, 3.63) is 89.5 Å². The molecule has 0 atom stereocenters. The number of allylic oxidation sites excluding steroid dienone is 1. The van der Waals surface area contributed by atoms with Crippen LogP contribution in [0.5, 0.6) is 0 Å². The maximum atomic E-state index is 5.66. The molecule has 0 bridgehead atoms. The van der Waals surface area contributed by atoms with Gasteiger partial charge in [-0.25, -0.2) is 0 Å². The molecule has 0 N–H and O–H groups in total. The fourth-order valence-electron chi connectivity index (χ4n) is 5.67. The Morgan fingerprint density at radius 3 is 1.81 bits per heavy atom. The lowest BCUT2D eigenvalue weighted by Gasteiger charge is -2.28. The summed E-state index contributed by atoms with van der Waals surface area (Å²) in [6.07, 6.45) is 26.4. The zero-order valence-electron chi connectivity index (χ0n) is 23.6. The Bertz CT molecular complexity index is 868. The molecule has 0 radical (unpaired) electrons. The highest BCUT2D eigenvalue weighted by Gasteiger charge is 2.20. The predicted octanol–water partition coefficient (Wildman–Crippen LogP) is 10.5. The molecule has 1 heteroatoms. The maximum absolute atomic E-state index is 5.66. The van der Waals surface area contributed by atoms with Gasteiger partial charge in [0.2, 0.25) is 0 Å². The van der Waals surface area contributed by atoms with Crippen molar-refractivity contribution in [1.82, 2.24) is 0 Å². The van der Waals surface area contributed by atoms with Crippen molar-refractivity contribution in [1.29, 1.82) is 0 Å². The van der Waals surface area contributed by atoms with Crippen LogP contribution in [0.15, 0.2) is 67.3 Å². The summed E-state index contributed by atoms with van der Waals surface area (Å²) < 4.78 is 5.66.